The van der Waals surface area contributed by atoms with E-state index in [2.05, 4.69) is 37.0 Å². The van der Waals surface area contributed by atoms with Crippen molar-refractivity contribution >= 4 is 55.1 Å². The van der Waals surface area contributed by atoms with Gasteiger partial charge >= 0.3 is 0 Å². The molecule has 1 aromatic carbocycles. The molecule has 19 heavy (non-hydrogen) atoms. The molecule has 2 aromatic rings. The van der Waals surface area contributed by atoms with Crippen molar-refractivity contribution in [3.8, 4) is 5.75 Å². The Morgan fingerprint density at radius 3 is 2.53 bits per heavy atom. The van der Waals surface area contributed by atoms with Gasteiger partial charge in [0.15, 0.2) is 0 Å². The number of aromatic nitrogens is 2. The molecule has 0 aliphatic rings. The number of benzene rings is 1. The fourth-order valence-corrected chi connectivity index (χ4v) is 2.90. The highest BCUT2D eigenvalue weighted by Gasteiger charge is 2.13. The van der Waals surface area contributed by atoms with E-state index in [0.29, 0.717) is 22.4 Å². The van der Waals surface area contributed by atoms with Crippen LogP contribution in [0.25, 0.3) is 0 Å². The van der Waals surface area contributed by atoms with Crippen LogP contribution in [0.5, 0.6) is 5.75 Å². The molecule has 3 nitrogen and oxygen atoms in total. The third-order valence-corrected chi connectivity index (χ3v) is 5.12. The molecule has 0 aliphatic heterocycles. The molecule has 0 saturated carbocycles. The molecule has 0 saturated heterocycles. The zero-order valence-corrected chi connectivity index (χ0v) is 14.9. The number of ether oxygens (including phenoxy) is 1. The van der Waals surface area contributed by atoms with Crippen molar-refractivity contribution in [2.24, 2.45) is 7.05 Å². The highest BCUT2D eigenvalue weighted by molar-refractivity contribution is 9.10. The van der Waals surface area contributed by atoms with Crippen LogP contribution < -0.4 is 4.74 Å². The lowest BCUT2D eigenvalue weighted by Gasteiger charge is -2.10. The van der Waals surface area contributed by atoms with Gasteiger partial charge in [-0.25, -0.2) is 0 Å². The molecule has 0 spiro atoms. The van der Waals surface area contributed by atoms with Gasteiger partial charge in [-0.1, -0.05) is 23.2 Å². The van der Waals surface area contributed by atoms with E-state index >= 15 is 0 Å². The molecule has 2 rings (SSSR count). The summed E-state index contributed by atoms with van der Waals surface area (Å²) in [7, 11) is 1.87. The number of aryl methyl sites for hydroxylation is 2. The maximum absolute atomic E-state index is 6.10. The van der Waals surface area contributed by atoms with Crippen LogP contribution in [-0.4, -0.2) is 9.78 Å². The van der Waals surface area contributed by atoms with Crippen LogP contribution >= 0.6 is 55.1 Å². The van der Waals surface area contributed by atoms with Crippen molar-refractivity contribution in [1.82, 2.24) is 9.78 Å². The lowest BCUT2D eigenvalue weighted by Crippen LogP contribution is -2.04. The smallest absolute Gasteiger partial charge is 0.140 e. The molecule has 1 heterocycles. The highest BCUT2D eigenvalue weighted by atomic mass is 79.9. The summed E-state index contributed by atoms with van der Waals surface area (Å²) in [4.78, 5) is 0. The van der Waals surface area contributed by atoms with Gasteiger partial charge in [-0.3, -0.25) is 4.68 Å². The van der Waals surface area contributed by atoms with E-state index in [-0.39, 0.29) is 0 Å². The Hall–Kier alpha value is -0.230. The Morgan fingerprint density at radius 2 is 1.95 bits per heavy atom. The van der Waals surface area contributed by atoms with Gasteiger partial charge in [-0.05, 0) is 44.8 Å². The predicted molar refractivity (Wildman–Crippen MR) is 84.1 cm³/mol. The van der Waals surface area contributed by atoms with E-state index in [1.165, 1.54) is 0 Å². The third-order valence-electron chi connectivity index (χ3n) is 2.60. The van der Waals surface area contributed by atoms with Gasteiger partial charge in [0.2, 0.25) is 0 Å². The number of halogens is 4. The van der Waals surface area contributed by atoms with Crippen molar-refractivity contribution in [2.75, 3.05) is 0 Å². The second-order valence-corrected chi connectivity index (χ2v) is 6.42. The number of hydrogen-bond donors (Lipinski definition) is 0. The Labute approximate surface area is 138 Å². The summed E-state index contributed by atoms with van der Waals surface area (Å²) in [5.41, 5.74) is 1.86. The molecule has 0 bridgehead atoms. The quantitative estimate of drug-likeness (QED) is 0.633. The van der Waals surface area contributed by atoms with Crippen LogP contribution in [0.15, 0.2) is 21.1 Å². The van der Waals surface area contributed by atoms with Crippen molar-refractivity contribution in [2.45, 2.75) is 13.5 Å². The second-order valence-electron chi connectivity index (χ2n) is 3.96. The number of rotatable bonds is 3. The second kappa shape index (κ2) is 6.04. The summed E-state index contributed by atoms with van der Waals surface area (Å²) < 4.78 is 9.16. The predicted octanol–water partition coefficient (Wildman–Crippen LogP) is 5.14. The Kier molecular flexibility index (Phi) is 4.82. The highest BCUT2D eigenvalue weighted by Crippen LogP contribution is 2.34. The van der Waals surface area contributed by atoms with Crippen LogP contribution in [0.4, 0.5) is 0 Å². The molecule has 0 radical (unpaired) electrons. The first-order chi connectivity index (χ1) is 8.90. The lowest BCUT2D eigenvalue weighted by atomic mass is 10.3. The summed E-state index contributed by atoms with van der Waals surface area (Å²) >= 11 is 18.9. The Bertz CT molecular complexity index is 629. The molecule has 0 aliphatic carbocycles. The van der Waals surface area contributed by atoms with E-state index in [0.717, 1.165) is 20.3 Å². The van der Waals surface area contributed by atoms with Crippen LogP contribution in [0.3, 0.4) is 0 Å². The Morgan fingerprint density at radius 1 is 1.26 bits per heavy atom. The van der Waals surface area contributed by atoms with Crippen molar-refractivity contribution in [3.05, 3.63) is 42.5 Å². The average molecular weight is 429 g/mol. The summed E-state index contributed by atoms with van der Waals surface area (Å²) in [6.45, 7) is 2.28. The minimum absolute atomic E-state index is 0.357. The summed E-state index contributed by atoms with van der Waals surface area (Å²) in [6.07, 6.45) is 0. The number of nitrogens with zero attached hydrogens (tertiary/aromatic N) is 2. The molecular weight excluding hydrogens is 419 g/mol. The maximum Gasteiger partial charge on any atom is 0.140 e. The molecule has 0 atom stereocenters. The first-order valence-electron chi connectivity index (χ1n) is 5.35. The zero-order chi connectivity index (χ0) is 14.2. The zero-order valence-electron chi connectivity index (χ0n) is 10.2. The van der Waals surface area contributed by atoms with Gasteiger partial charge in [-0.15, -0.1) is 0 Å². The molecule has 0 amide bonds. The van der Waals surface area contributed by atoms with Crippen LogP contribution in [-0.2, 0) is 13.7 Å². The summed E-state index contributed by atoms with van der Waals surface area (Å²) in [6, 6.07) is 3.40. The van der Waals surface area contributed by atoms with Gasteiger partial charge < -0.3 is 4.74 Å². The van der Waals surface area contributed by atoms with Gasteiger partial charge in [0.05, 0.1) is 25.9 Å². The average Bonchev–Trinajstić information content (AvgIpc) is 2.57. The van der Waals surface area contributed by atoms with Crippen molar-refractivity contribution < 1.29 is 4.74 Å². The normalized spacial score (nSPS) is 10.8. The molecular formula is C12H10Br2Cl2N2O. The molecule has 0 N–H and O–H groups in total. The van der Waals surface area contributed by atoms with Crippen LogP contribution in [0.1, 0.15) is 11.4 Å². The fraction of sp³-hybridized carbons (Fsp3) is 0.250. The van der Waals surface area contributed by atoms with E-state index in [4.69, 9.17) is 27.9 Å². The number of hydrogen-bond acceptors (Lipinski definition) is 2. The van der Waals surface area contributed by atoms with Gasteiger partial charge in [0, 0.05) is 17.6 Å². The standard InChI is InChI=1S/C12H10Br2Cl2N2O/c1-6-12(14)10(18(2)17-6)5-19-11-4-8(15)7(13)3-9(11)16/h3-4H,5H2,1-2H3. The first kappa shape index (κ1) is 15.2. The third kappa shape index (κ3) is 3.27. The molecule has 0 fully saturated rings. The molecule has 1 aromatic heterocycles. The topological polar surface area (TPSA) is 27.1 Å². The van der Waals surface area contributed by atoms with Gasteiger partial charge in [0.1, 0.15) is 12.4 Å². The van der Waals surface area contributed by atoms with Crippen molar-refractivity contribution in [3.63, 3.8) is 0 Å². The van der Waals surface area contributed by atoms with E-state index in [1.54, 1.807) is 16.8 Å². The van der Waals surface area contributed by atoms with Gasteiger partial charge in [0.25, 0.3) is 0 Å². The fourth-order valence-electron chi connectivity index (χ4n) is 1.60. The van der Waals surface area contributed by atoms with E-state index in [9.17, 15) is 0 Å². The van der Waals surface area contributed by atoms with Gasteiger partial charge in [-0.2, -0.15) is 5.10 Å². The first-order valence-corrected chi connectivity index (χ1v) is 7.69. The SMILES string of the molecule is Cc1nn(C)c(COc2cc(Cl)c(Br)cc2Cl)c1Br. The van der Waals surface area contributed by atoms with E-state index < -0.39 is 0 Å². The van der Waals surface area contributed by atoms with Crippen molar-refractivity contribution in [1.29, 1.82) is 0 Å². The largest absolute Gasteiger partial charge is 0.486 e. The molecule has 7 heteroatoms. The molecule has 102 valence electrons. The monoisotopic (exact) mass is 426 g/mol. The molecule has 0 unspecified atom stereocenters. The van der Waals surface area contributed by atoms with Crippen LogP contribution in [0, 0.1) is 6.92 Å². The maximum atomic E-state index is 6.10. The Balaban J connectivity index is 2.21. The lowest BCUT2D eigenvalue weighted by molar-refractivity contribution is 0.294. The van der Waals surface area contributed by atoms with E-state index in [1.807, 2.05) is 14.0 Å². The summed E-state index contributed by atoms with van der Waals surface area (Å²) in [5.74, 6) is 0.542. The van der Waals surface area contributed by atoms with Crippen LogP contribution in [0.2, 0.25) is 10.0 Å². The minimum Gasteiger partial charge on any atom is -0.486 e. The summed E-state index contributed by atoms with van der Waals surface area (Å²) in [5, 5.41) is 5.36. The minimum atomic E-state index is 0.357.